The molecule has 0 unspecified atom stereocenters. The maximum Gasteiger partial charge on any atom is 0.418 e. The van der Waals surface area contributed by atoms with Gasteiger partial charge < -0.3 is 0 Å². The van der Waals surface area contributed by atoms with Gasteiger partial charge in [-0.05, 0) is 29.7 Å². The Kier molecular flexibility index (Phi) is 3.63. The van der Waals surface area contributed by atoms with E-state index >= 15 is 0 Å². The van der Waals surface area contributed by atoms with E-state index in [0.29, 0.717) is 5.56 Å². The van der Waals surface area contributed by atoms with Gasteiger partial charge >= 0.3 is 12.4 Å². The fourth-order valence-corrected chi connectivity index (χ4v) is 2.16. The van der Waals surface area contributed by atoms with E-state index in [4.69, 9.17) is 0 Å². The molecule has 1 aromatic carbocycles. The summed E-state index contributed by atoms with van der Waals surface area (Å²) in [5, 5.41) is -0.116. The molecule has 0 atom stereocenters. The standard InChI is InChI=1S/C14H11F6N/c1-7(2)9-3-4-21-12-10(9)5-8(13(15,16)17)6-11(12)14(18,19)20/h3-7H,1-2H3. The van der Waals surface area contributed by atoms with Crippen LogP contribution < -0.4 is 0 Å². The molecule has 1 aromatic heterocycles. The van der Waals surface area contributed by atoms with Crippen LogP contribution in [0.15, 0.2) is 24.4 Å². The Labute approximate surface area is 116 Å². The van der Waals surface area contributed by atoms with E-state index in [1.54, 1.807) is 13.8 Å². The highest BCUT2D eigenvalue weighted by atomic mass is 19.4. The van der Waals surface area contributed by atoms with Crippen molar-refractivity contribution in [3.05, 3.63) is 41.1 Å². The molecule has 0 fully saturated rings. The molecule has 0 aliphatic rings. The first-order valence-corrected chi connectivity index (χ1v) is 6.09. The van der Waals surface area contributed by atoms with Crippen LogP contribution in [0.25, 0.3) is 10.9 Å². The van der Waals surface area contributed by atoms with Crippen LogP contribution in [0.5, 0.6) is 0 Å². The smallest absolute Gasteiger partial charge is 0.256 e. The molecule has 0 spiro atoms. The van der Waals surface area contributed by atoms with Crippen molar-refractivity contribution in [3.8, 4) is 0 Å². The lowest BCUT2D eigenvalue weighted by Crippen LogP contribution is -2.12. The topological polar surface area (TPSA) is 12.9 Å². The molecule has 2 aromatic rings. The van der Waals surface area contributed by atoms with E-state index in [9.17, 15) is 26.3 Å². The highest BCUT2D eigenvalue weighted by molar-refractivity contribution is 5.86. The number of rotatable bonds is 1. The molecule has 1 nitrogen and oxygen atoms in total. The Balaban J connectivity index is 2.92. The third-order valence-corrected chi connectivity index (χ3v) is 3.13. The van der Waals surface area contributed by atoms with Gasteiger partial charge in [0, 0.05) is 11.6 Å². The molecule has 1 heterocycles. The lowest BCUT2D eigenvalue weighted by molar-refractivity contribution is -0.142. The maximum absolute atomic E-state index is 13.0. The zero-order chi connectivity index (χ0) is 16.0. The molecule has 0 aliphatic heterocycles. The molecule has 0 amide bonds. The van der Waals surface area contributed by atoms with Crippen molar-refractivity contribution < 1.29 is 26.3 Å². The monoisotopic (exact) mass is 307 g/mol. The predicted octanol–water partition coefficient (Wildman–Crippen LogP) is 5.40. The summed E-state index contributed by atoms with van der Waals surface area (Å²) in [6.45, 7) is 3.39. The van der Waals surface area contributed by atoms with Crippen LogP contribution in [0.2, 0.25) is 0 Å². The van der Waals surface area contributed by atoms with Crippen molar-refractivity contribution in [3.63, 3.8) is 0 Å². The number of pyridine rings is 1. The molecule has 0 aliphatic carbocycles. The number of alkyl halides is 6. The molecule has 2 rings (SSSR count). The van der Waals surface area contributed by atoms with Crippen molar-refractivity contribution in [2.24, 2.45) is 0 Å². The molecule has 114 valence electrons. The number of benzene rings is 1. The third-order valence-electron chi connectivity index (χ3n) is 3.13. The third kappa shape index (κ3) is 2.96. The average molecular weight is 307 g/mol. The lowest BCUT2D eigenvalue weighted by atomic mass is 9.95. The zero-order valence-electron chi connectivity index (χ0n) is 11.1. The minimum atomic E-state index is -4.90. The highest BCUT2D eigenvalue weighted by Gasteiger charge is 2.38. The van der Waals surface area contributed by atoms with E-state index in [1.165, 1.54) is 12.3 Å². The van der Waals surface area contributed by atoms with Gasteiger partial charge in [-0.3, -0.25) is 4.98 Å². The summed E-state index contributed by atoms with van der Waals surface area (Å²) in [6.07, 6.45) is -8.57. The molecule has 0 saturated carbocycles. The van der Waals surface area contributed by atoms with Crippen LogP contribution in [-0.2, 0) is 12.4 Å². The normalized spacial score (nSPS) is 13.2. The van der Waals surface area contributed by atoms with E-state index in [-0.39, 0.29) is 17.4 Å². The highest BCUT2D eigenvalue weighted by Crippen LogP contribution is 2.40. The number of aromatic nitrogens is 1. The molecule has 21 heavy (non-hydrogen) atoms. The van der Waals surface area contributed by atoms with Crippen molar-refractivity contribution >= 4 is 10.9 Å². The molecule has 0 saturated heterocycles. The summed E-state index contributed by atoms with van der Waals surface area (Å²) in [6, 6.07) is 2.28. The Morgan fingerprint density at radius 2 is 1.57 bits per heavy atom. The van der Waals surface area contributed by atoms with Crippen LogP contribution in [0.3, 0.4) is 0 Å². The van der Waals surface area contributed by atoms with E-state index in [2.05, 4.69) is 4.98 Å². The van der Waals surface area contributed by atoms with Gasteiger partial charge in [0.05, 0.1) is 16.6 Å². The van der Waals surface area contributed by atoms with Gasteiger partial charge in [0.25, 0.3) is 0 Å². The summed E-state index contributed by atoms with van der Waals surface area (Å²) in [5.74, 6) is -0.222. The average Bonchev–Trinajstić information content (AvgIpc) is 2.34. The zero-order valence-corrected chi connectivity index (χ0v) is 11.1. The van der Waals surface area contributed by atoms with Crippen LogP contribution in [-0.4, -0.2) is 4.98 Å². The second-order valence-electron chi connectivity index (χ2n) is 4.97. The quantitative estimate of drug-likeness (QED) is 0.643. The maximum atomic E-state index is 13.0. The molecule has 0 bridgehead atoms. The van der Waals surface area contributed by atoms with Crippen LogP contribution in [0, 0.1) is 0 Å². The summed E-state index contributed by atoms with van der Waals surface area (Å²) >= 11 is 0. The van der Waals surface area contributed by atoms with Gasteiger partial charge in [-0.1, -0.05) is 13.8 Å². The summed E-state index contributed by atoms with van der Waals surface area (Å²) in [5.41, 5.74) is -2.75. The molecular weight excluding hydrogens is 296 g/mol. The molecule has 7 heteroatoms. The van der Waals surface area contributed by atoms with E-state index in [1.807, 2.05) is 0 Å². The van der Waals surface area contributed by atoms with Gasteiger partial charge in [-0.2, -0.15) is 26.3 Å². The number of halogens is 6. The Bertz CT molecular complexity index is 669. The van der Waals surface area contributed by atoms with E-state index in [0.717, 1.165) is 6.07 Å². The lowest BCUT2D eigenvalue weighted by Gasteiger charge is -2.17. The number of nitrogens with zero attached hydrogens (tertiary/aromatic N) is 1. The Morgan fingerprint density at radius 1 is 0.952 bits per heavy atom. The Morgan fingerprint density at radius 3 is 2.05 bits per heavy atom. The molecular formula is C14H11F6N. The Hall–Kier alpha value is -1.79. The minimum Gasteiger partial charge on any atom is -0.256 e. The first kappa shape index (κ1) is 15.6. The first-order chi connectivity index (χ1) is 9.51. The minimum absolute atomic E-state index is 0.111. The van der Waals surface area contributed by atoms with Crippen molar-refractivity contribution in [2.45, 2.75) is 32.1 Å². The van der Waals surface area contributed by atoms with Crippen molar-refractivity contribution in [2.75, 3.05) is 0 Å². The number of fused-ring (bicyclic) bond motifs is 1. The second-order valence-corrected chi connectivity index (χ2v) is 4.97. The van der Waals surface area contributed by atoms with Crippen molar-refractivity contribution in [1.82, 2.24) is 4.98 Å². The first-order valence-electron chi connectivity index (χ1n) is 6.09. The van der Waals surface area contributed by atoms with Gasteiger partial charge in [-0.25, -0.2) is 0 Å². The molecule has 0 N–H and O–H groups in total. The number of hydrogen-bond acceptors (Lipinski definition) is 1. The summed E-state index contributed by atoms with van der Waals surface area (Å²) < 4.78 is 77.5. The predicted molar refractivity (Wildman–Crippen MR) is 65.8 cm³/mol. The van der Waals surface area contributed by atoms with Crippen LogP contribution in [0.4, 0.5) is 26.3 Å². The molecule has 0 radical (unpaired) electrons. The van der Waals surface area contributed by atoms with Gasteiger partial charge in [-0.15, -0.1) is 0 Å². The van der Waals surface area contributed by atoms with Gasteiger partial charge in [0.2, 0.25) is 0 Å². The van der Waals surface area contributed by atoms with Crippen molar-refractivity contribution in [1.29, 1.82) is 0 Å². The SMILES string of the molecule is CC(C)c1ccnc2c(C(F)(F)F)cc(C(F)(F)F)cc12. The summed E-state index contributed by atoms with van der Waals surface area (Å²) in [4.78, 5) is 3.63. The van der Waals surface area contributed by atoms with Gasteiger partial charge in [0.1, 0.15) is 0 Å². The fourth-order valence-electron chi connectivity index (χ4n) is 2.16. The fraction of sp³-hybridized carbons (Fsp3) is 0.357. The van der Waals surface area contributed by atoms with Crippen LogP contribution in [0.1, 0.15) is 36.5 Å². The van der Waals surface area contributed by atoms with Gasteiger partial charge in [0.15, 0.2) is 0 Å². The van der Waals surface area contributed by atoms with E-state index < -0.39 is 29.0 Å². The van der Waals surface area contributed by atoms with Crippen LogP contribution >= 0.6 is 0 Å². The number of hydrogen-bond donors (Lipinski definition) is 0. The summed E-state index contributed by atoms with van der Waals surface area (Å²) in [7, 11) is 0. The second kappa shape index (κ2) is 4.89. The largest absolute Gasteiger partial charge is 0.418 e.